The van der Waals surface area contributed by atoms with Gasteiger partial charge in [0, 0.05) is 6.54 Å². The minimum Gasteiger partial charge on any atom is -0.481 e. The fourth-order valence-electron chi connectivity index (χ4n) is 3.57. The molecule has 1 saturated carbocycles. The van der Waals surface area contributed by atoms with Gasteiger partial charge >= 0.3 is 5.97 Å². The number of carboxylic acids is 1. The van der Waals surface area contributed by atoms with E-state index >= 15 is 0 Å². The summed E-state index contributed by atoms with van der Waals surface area (Å²) in [7, 11) is 0. The first kappa shape index (κ1) is 16.3. The fourth-order valence-corrected chi connectivity index (χ4v) is 3.57. The predicted molar refractivity (Wildman–Crippen MR) is 81.0 cm³/mol. The number of piperidine rings is 1. The predicted octanol–water partition coefficient (Wildman–Crippen LogP) is 1.87. The van der Waals surface area contributed by atoms with Crippen LogP contribution < -0.4 is 5.32 Å². The van der Waals surface area contributed by atoms with Crippen LogP contribution in [-0.2, 0) is 9.59 Å². The second-order valence-corrected chi connectivity index (χ2v) is 6.38. The van der Waals surface area contributed by atoms with Crippen LogP contribution in [0.15, 0.2) is 0 Å². The van der Waals surface area contributed by atoms with Crippen molar-refractivity contribution in [3.63, 3.8) is 0 Å². The van der Waals surface area contributed by atoms with Crippen LogP contribution in [0, 0.1) is 11.8 Å². The first-order valence-electron chi connectivity index (χ1n) is 8.41. The molecule has 0 bridgehead atoms. The number of aliphatic carboxylic acids is 1. The van der Waals surface area contributed by atoms with E-state index in [1.807, 2.05) is 0 Å². The molecule has 0 unspecified atom stereocenters. The summed E-state index contributed by atoms with van der Waals surface area (Å²) < 4.78 is 0. The number of rotatable bonds is 6. The van der Waals surface area contributed by atoms with Gasteiger partial charge in [0.1, 0.15) is 0 Å². The van der Waals surface area contributed by atoms with E-state index in [0.717, 1.165) is 32.2 Å². The molecule has 120 valence electrons. The molecule has 5 heteroatoms. The van der Waals surface area contributed by atoms with Gasteiger partial charge < -0.3 is 15.3 Å². The van der Waals surface area contributed by atoms with Crippen LogP contribution in [0.4, 0.5) is 0 Å². The molecule has 1 amide bonds. The zero-order valence-electron chi connectivity index (χ0n) is 12.9. The van der Waals surface area contributed by atoms with Crippen LogP contribution in [-0.4, -0.2) is 48.1 Å². The number of carboxylic acid groups (broad SMARTS) is 1. The highest BCUT2D eigenvalue weighted by atomic mass is 16.4. The highest BCUT2D eigenvalue weighted by Gasteiger charge is 2.35. The summed E-state index contributed by atoms with van der Waals surface area (Å²) in [5.41, 5.74) is 0. The van der Waals surface area contributed by atoms with Gasteiger partial charge in [0.2, 0.25) is 5.91 Å². The molecular weight excluding hydrogens is 268 g/mol. The van der Waals surface area contributed by atoms with Gasteiger partial charge in [0.05, 0.1) is 11.8 Å². The first-order chi connectivity index (χ1) is 10.2. The summed E-state index contributed by atoms with van der Waals surface area (Å²) in [5, 5.41) is 12.2. The lowest BCUT2D eigenvalue weighted by Gasteiger charge is -2.28. The summed E-state index contributed by atoms with van der Waals surface area (Å²) in [6.45, 7) is 4.06. The van der Waals surface area contributed by atoms with E-state index in [1.165, 1.54) is 32.4 Å². The van der Waals surface area contributed by atoms with Gasteiger partial charge in [-0.2, -0.15) is 0 Å². The SMILES string of the molecule is O=C(O)[C@H]1CCCC[C@H]1C(=O)NCCCN1CCCCC1. The Balaban J connectivity index is 1.67. The molecule has 2 aliphatic rings. The Morgan fingerprint density at radius 1 is 1.00 bits per heavy atom. The third kappa shape index (κ3) is 4.99. The van der Waals surface area contributed by atoms with Gasteiger partial charge in [0.15, 0.2) is 0 Å². The molecule has 2 atom stereocenters. The van der Waals surface area contributed by atoms with E-state index in [2.05, 4.69) is 10.2 Å². The number of amides is 1. The molecule has 0 aromatic heterocycles. The molecule has 1 heterocycles. The summed E-state index contributed by atoms with van der Waals surface area (Å²) in [6.07, 6.45) is 8.12. The lowest BCUT2D eigenvalue weighted by molar-refractivity contribution is -0.148. The highest BCUT2D eigenvalue weighted by molar-refractivity contribution is 5.84. The third-order valence-corrected chi connectivity index (χ3v) is 4.82. The van der Waals surface area contributed by atoms with Crippen molar-refractivity contribution in [2.75, 3.05) is 26.2 Å². The summed E-state index contributed by atoms with van der Waals surface area (Å²) in [5.74, 6) is -1.68. The van der Waals surface area contributed by atoms with E-state index in [9.17, 15) is 14.7 Å². The van der Waals surface area contributed by atoms with Crippen molar-refractivity contribution in [1.29, 1.82) is 0 Å². The maximum atomic E-state index is 12.2. The van der Waals surface area contributed by atoms with E-state index in [-0.39, 0.29) is 11.8 Å². The van der Waals surface area contributed by atoms with Crippen molar-refractivity contribution in [3.8, 4) is 0 Å². The molecule has 1 saturated heterocycles. The molecule has 2 fully saturated rings. The Labute approximate surface area is 127 Å². The second-order valence-electron chi connectivity index (χ2n) is 6.38. The number of likely N-dealkylation sites (tertiary alicyclic amines) is 1. The minimum atomic E-state index is -0.817. The van der Waals surface area contributed by atoms with Crippen LogP contribution in [0.2, 0.25) is 0 Å². The largest absolute Gasteiger partial charge is 0.481 e. The normalized spacial score (nSPS) is 27.2. The fraction of sp³-hybridized carbons (Fsp3) is 0.875. The monoisotopic (exact) mass is 296 g/mol. The van der Waals surface area contributed by atoms with Crippen molar-refractivity contribution >= 4 is 11.9 Å². The van der Waals surface area contributed by atoms with Crippen LogP contribution in [0.1, 0.15) is 51.4 Å². The summed E-state index contributed by atoms with van der Waals surface area (Å²) >= 11 is 0. The Morgan fingerprint density at radius 2 is 1.67 bits per heavy atom. The van der Waals surface area contributed by atoms with E-state index < -0.39 is 11.9 Å². The zero-order chi connectivity index (χ0) is 15.1. The van der Waals surface area contributed by atoms with Crippen molar-refractivity contribution in [3.05, 3.63) is 0 Å². The Bertz CT molecular complexity index is 353. The van der Waals surface area contributed by atoms with E-state index in [0.29, 0.717) is 13.0 Å². The molecule has 0 aromatic carbocycles. The van der Waals surface area contributed by atoms with Crippen molar-refractivity contribution in [2.24, 2.45) is 11.8 Å². The molecular formula is C16H28N2O3. The zero-order valence-corrected chi connectivity index (χ0v) is 12.9. The maximum absolute atomic E-state index is 12.2. The minimum absolute atomic E-state index is 0.0549. The van der Waals surface area contributed by atoms with Gasteiger partial charge in [-0.3, -0.25) is 9.59 Å². The Morgan fingerprint density at radius 3 is 2.33 bits per heavy atom. The van der Waals surface area contributed by atoms with Crippen molar-refractivity contribution < 1.29 is 14.7 Å². The molecule has 5 nitrogen and oxygen atoms in total. The summed E-state index contributed by atoms with van der Waals surface area (Å²) in [6, 6.07) is 0. The number of nitrogens with one attached hydrogen (secondary N) is 1. The number of hydrogen-bond donors (Lipinski definition) is 2. The van der Waals surface area contributed by atoms with E-state index in [1.54, 1.807) is 0 Å². The number of hydrogen-bond acceptors (Lipinski definition) is 3. The van der Waals surface area contributed by atoms with Crippen LogP contribution in [0.5, 0.6) is 0 Å². The molecule has 2 rings (SSSR count). The van der Waals surface area contributed by atoms with Gasteiger partial charge in [-0.05, 0) is 51.7 Å². The maximum Gasteiger partial charge on any atom is 0.307 e. The average molecular weight is 296 g/mol. The topological polar surface area (TPSA) is 69.6 Å². The van der Waals surface area contributed by atoms with Crippen molar-refractivity contribution in [2.45, 2.75) is 51.4 Å². The standard InChI is InChI=1S/C16H28N2O3/c19-15(13-7-2-3-8-14(13)16(20)21)17-9-6-12-18-10-4-1-5-11-18/h13-14H,1-12H2,(H,17,19)(H,20,21)/t13-,14+/m1/s1. The van der Waals surface area contributed by atoms with Gasteiger partial charge in [0.25, 0.3) is 0 Å². The lowest BCUT2D eigenvalue weighted by atomic mass is 9.78. The number of nitrogens with zero attached hydrogens (tertiary/aromatic N) is 1. The Hall–Kier alpha value is -1.10. The molecule has 0 aromatic rings. The molecule has 0 radical (unpaired) electrons. The van der Waals surface area contributed by atoms with E-state index in [4.69, 9.17) is 0 Å². The van der Waals surface area contributed by atoms with Gasteiger partial charge in [-0.1, -0.05) is 19.3 Å². The molecule has 21 heavy (non-hydrogen) atoms. The highest BCUT2D eigenvalue weighted by Crippen LogP contribution is 2.30. The average Bonchev–Trinajstić information content (AvgIpc) is 2.52. The van der Waals surface area contributed by atoms with Crippen LogP contribution in [0.3, 0.4) is 0 Å². The molecule has 0 spiro atoms. The number of carbonyl (C=O) groups is 2. The molecule has 1 aliphatic carbocycles. The first-order valence-corrected chi connectivity index (χ1v) is 8.41. The molecule has 1 aliphatic heterocycles. The lowest BCUT2D eigenvalue weighted by Crippen LogP contribution is -2.40. The van der Waals surface area contributed by atoms with Crippen LogP contribution in [0.25, 0.3) is 0 Å². The molecule has 2 N–H and O–H groups in total. The van der Waals surface area contributed by atoms with Crippen LogP contribution >= 0.6 is 0 Å². The second kappa shape index (κ2) is 8.37. The number of carbonyl (C=O) groups excluding carboxylic acids is 1. The third-order valence-electron chi connectivity index (χ3n) is 4.82. The van der Waals surface area contributed by atoms with Gasteiger partial charge in [-0.25, -0.2) is 0 Å². The van der Waals surface area contributed by atoms with Gasteiger partial charge in [-0.15, -0.1) is 0 Å². The summed E-state index contributed by atoms with van der Waals surface area (Å²) in [4.78, 5) is 25.8. The van der Waals surface area contributed by atoms with Crippen molar-refractivity contribution in [1.82, 2.24) is 10.2 Å². The smallest absolute Gasteiger partial charge is 0.307 e. The Kier molecular flexibility index (Phi) is 6.49. The quantitative estimate of drug-likeness (QED) is 0.734.